The molecule has 0 aliphatic rings. The van der Waals surface area contributed by atoms with E-state index in [-0.39, 0.29) is 11.4 Å². The summed E-state index contributed by atoms with van der Waals surface area (Å²) in [6, 6.07) is 7.56. The van der Waals surface area contributed by atoms with Crippen LogP contribution in [0.1, 0.15) is 17.1 Å². The molecule has 2 rings (SSSR count). The van der Waals surface area contributed by atoms with Gasteiger partial charge in [0.1, 0.15) is 11.6 Å². The minimum atomic E-state index is -0.280. The summed E-state index contributed by atoms with van der Waals surface area (Å²) in [5.41, 5.74) is 6.82. The monoisotopic (exact) mass is 247 g/mol. The van der Waals surface area contributed by atoms with Gasteiger partial charge >= 0.3 is 0 Å². The molecule has 0 aliphatic heterocycles. The summed E-state index contributed by atoms with van der Waals surface area (Å²) in [5.74, 6) is 0.287. The van der Waals surface area contributed by atoms with Crippen LogP contribution in [0.5, 0.6) is 0 Å². The maximum absolute atomic E-state index is 12.8. The molecule has 0 spiro atoms. The van der Waals surface area contributed by atoms with Crippen molar-refractivity contribution >= 4 is 0 Å². The highest BCUT2D eigenvalue weighted by atomic mass is 19.1. The molecule has 0 bridgehead atoms. The first-order chi connectivity index (χ1) is 8.67. The first-order valence-electron chi connectivity index (χ1n) is 5.71. The Kier molecular flexibility index (Phi) is 3.84. The molecule has 0 fully saturated rings. The van der Waals surface area contributed by atoms with Crippen molar-refractivity contribution in [3.8, 4) is 0 Å². The van der Waals surface area contributed by atoms with Gasteiger partial charge in [0.25, 0.3) is 5.56 Å². The van der Waals surface area contributed by atoms with E-state index in [2.05, 4.69) is 9.97 Å². The fourth-order valence-electron chi connectivity index (χ4n) is 1.72. The van der Waals surface area contributed by atoms with Crippen LogP contribution in [0.2, 0.25) is 0 Å². The molecule has 1 aromatic heterocycles. The standard InChI is InChI=1S/C13H14FN3O/c14-10-3-1-9(2-4-10)7-12-16-11(5-6-15)8-13(18)17-12/h1-4,8H,5-7,15H2,(H,16,17,18). The molecule has 4 nitrogen and oxygen atoms in total. The Labute approximate surface area is 104 Å². The number of aromatic nitrogens is 2. The Morgan fingerprint density at radius 1 is 1.28 bits per heavy atom. The van der Waals surface area contributed by atoms with E-state index in [1.165, 1.54) is 18.2 Å². The van der Waals surface area contributed by atoms with Crippen LogP contribution >= 0.6 is 0 Å². The van der Waals surface area contributed by atoms with Gasteiger partial charge in [-0.3, -0.25) is 4.79 Å². The van der Waals surface area contributed by atoms with Crippen molar-refractivity contribution in [1.29, 1.82) is 0 Å². The fraction of sp³-hybridized carbons (Fsp3) is 0.231. The summed E-state index contributed by atoms with van der Waals surface area (Å²) in [4.78, 5) is 18.4. The van der Waals surface area contributed by atoms with Gasteiger partial charge in [-0.2, -0.15) is 0 Å². The largest absolute Gasteiger partial charge is 0.330 e. The van der Waals surface area contributed by atoms with Crippen molar-refractivity contribution in [3.63, 3.8) is 0 Å². The quantitative estimate of drug-likeness (QED) is 0.846. The van der Waals surface area contributed by atoms with Gasteiger partial charge in [0, 0.05) is 24.6 Å². The maximum Gasteiger partial charge on any atom is 0.251 e. The zero-order valence-corrected chi connectivity index (χ0v) is 9.82. The molecule has 3 N–H and O–H groups in total. The van der Waals surface area contributed by atoms with Gasteiger partial charge in [0.2, 0.25) is 0 Å². The Morgan fingerprint density at radius 3 is 2.67 bits per heavy atom. The highest BCUT2D eigenvalue weighted by Crippen LogP contribution is 2.06. The van der Waals surface area contributed by atoms with Gasteiger partial charge in [-0.15, -0.1) is 0 Å². The topological polar surface area (TPSA) is 71.8 Å². The van der Waals surface area contributed by atoms with Crippen LogP contribution in [0, 0.1) is 5.82 Å². The third-order valence-corrected chi connectivity index (χ3v) is 2.53. The maximum atomic E-state index is 12.8. The molecule has 1 heterocycles. The highest BCUT2D eigenvalue weighted by molar-refractivity contribution is 5.20. The number of hydrogen-bond donors (Lipinski definition) is 2. The molecule has 18 heavy (non-hydrogen) atoms. The molecule has 0 saturated heterocycles. The zero-order chi connectivity index (χ0) is 13.0. The Morgan fingerprint density at radius 2 is 2.00 bits per heavy atom. The number of halogens is 1. The summed E-state index contributed by atoms with van der Waals surface area (Å²) in [5, 5.41) is 0. The number of aromatic amines is 1. The molecular formula is C13H14FN3O. The van der Waals surface area contributed by atoms with Crippen molar-refractivity contribution in [2.75, 3.05) is 6.54 Å². The van der Waals surface area contributed by atoms with E-state index < -0.39 is 0 Å². The van der Waals surface area contributed by atoms with Crippen LogP contribution in [0.15, 0.2) is 35.1 Å². The van der Waals surface area contributed by atoms with E-state index in [1.54, 1.807) is 12.1 Å². The van der Waals surface area contributed by atoms with Crippen LogP contribution in [0.4, 0.5) is 4.39 Å². The lowest BCUT2D eigenvalue weighted by atomic mass is 10.1. The van der Waals surface area contributed by atoms with E-state index in [9.17, 15) is 9.18 Å². The fourth-order valence-corrected chi connectivity index (χ4v) is 1.72. The van der Waals surface area contributed by atoms with Gasteiger partial charge < -0.3 is 10.7 Å². The highest BCUT2D eigenvalue weighted by Gasteiger charge is 2.03. The average molecular weight is 247 g/mol. The number of hydrogen-bond acceptors (Lipinski definition) is 3. The Balaban J connectivity index is 2.23. The van der Waals surface area contributed by atoms with Crippen LogP contribution in [-0.2, 0) is 12.8 Å². The lowest BCUT2D eigenvalue weighted by Crippen LogP contribution is -2.15. The van der Waals surface area contributed by atoms with E-state index in [0.717, 1.165) is 5.56 Å². The van der Waals surface area contributed by atoms with E-state index in [4.69, 9.17) is 5.73 Å². The van der Waals surface area contributed by atoms with E-state index in [1.807, 2.05) is 0 Å². The SMILES string of the molecule is NCCc1cc(=O)[nH]c(Cc2ccc(F)cc2)n1. The van der Waals surface area contributed by atoms with Gasteiger partial charge in [-0.05, 0) is 24.2 Å². The summed E-state index contributed by atoms with van der Waals surface area (Å²) >= 11 is 0. The van der Waals surface area contributed by atoms with Gasteiger partial charge in [0.15, 0.2) is 0 Å². The van der Waals surface area contributed by atoms with Gasteiger partial charge in [-0.25, -0.2) is 9.37 Å². The van der Waals surface area contributed by atoms with Crippen LogP contribution in [0.3, 0.4) is 0 Å². The second-order valence-corrected chi connectivity index (χ2v) is 4.03. The van der Waals surface area contributed by atoms with E-state index in [0.29, 0.717) is 30.9 Å². The zero-order valence-electron chi connectivity index (χ0n) is 9.82. The van der Waals surface area contributed by atoms with E-state index >= 15 is 0 Å². The number of nitrogens with zero attached hydrogens (tertiary/aromatic N) is 1. The lowest BCUT2D eigenvalue weighted by molar-refractivity contribution is 0.627. The first kappa shape index (κ1) is 12.4. The summed E-state index contributed by atoms with van der Waals surface area (Å²) in [6.45, 7) is 0.451. The van der Waals surface area contributed by atoms with Crippen molar-refractivity contribution in [2.45, 2.75) is 12.8 Å². The van der Waals surface area contributed by atoms with Crippen LogP contribution in [0.25, 0.3) is 0 Å². The van der Waals surface area contributed by atoms with Crippen LogP contribution < -0.4 is 11.3 Å². The molecular weight excluding hydrogens is 233 g/mol. The Hall–Kier alpha value is -2.01. The lowest BCUT2D eigenvalue weighted by Gasteiger charge is -2.04. The second-order valence-electron chi connectivity index (χ2n) is 4.03. The predicted molar refractivity (Wildman–Crippen MR) is 66.8 cm³/mol. The number of nitrogens with one attached hydrogen (secondary N) is 1. The number of H-pyrrole nitrogens is 1. The molecule has 1 aromatic carbocycles. The third-order valence-electron chi connectivity index (χ3n) is 2.53. The summed E-state index contributed by atoms with van der Waals surface area (Å²) < 4.78 is 12.8. The molecule has 0 aliphatic carbocycles. The van der Waals surface area contributed by atoms with Crippen molar-refractivity contribution in [1.82, 2.24) is 9.97 Å². The van der Waals surface area contributed by atoms with Crippen molar-refractivity contribution < 1.29 is 4.39 Å². The summed E-state index contributed by atoms with van der Waals surface area (Å²) in [7, 11) is 0. The molecule has 5 heteroatoms. The second kappa shape index (κ2) is 5.55. The molecule has 94 valence electrons. The number of benzene rings is 1. The number of rotatable bonds is 4. The number of nitrogens with two attached hydrogens (primary N) is 1. The molecule has 2 aromatic rings. The average Bonchev–Trinajstić information content (AvgIpc) is 2.32. The van der Waals surface area contributed by atoms with Crippen LogP contribution in [-0.4, -0.2) is 16.5 Å². The van der Waals surface area contributed by atoms with Crippen molar-refractivity contribution in [2.24, 2.45) is 5.73 Å². The minimum Gasteiger partial charge on any atom is -0.330 e. The van der Waals surface area contributed by atoms with Gasteiger partial charge in [-0.1, -0.05) is 12.1 Å². The molecule has 0 amide bonds. The normalized spacial score (nSPS) is 10.6. The van der Waals surface area contributed by atoms with Gasteiger partial charge in [0.05, 0.1) is 0 Å². The minimum absolute atomic E-state index is 0.189. The smallest absolute Gasteiger partial charge is 0.251 e. The third kappa shape index (κ3) is 3.24. The molecule has 0 unspecified atom stereocenters. The molecule has 0 radical (unpaired) electrons. The predicted octanol–water partition coefficient (Wildman–Crippen LogP) is 1.00. The molecule has 0 atom stereocenters. The molecule has 0 saturated carbocycles. The van der Waals surface area contributed by atoms with Crippen molar-refractivity contribution in [3.05, 3.63) is 63.6 Å². The summed E-state index contributed by atoms with van der Waals surface area (Å²) in [6.07, 6.45) is 1.04. The first-order valence-corrected chi connectivity index (χ1v) is 5.71. The Bertz CT molecular complexity index is 578.